The summed E-state index contributed by atoms with van der Waals surface area (Å²) >= 11 is 0. The minimum absolute atomic E-state index is 0.0789. The van der Waals surface area contributed by atoms with Crippen LogP contribution in [-0.2, 0) is 16.1 Å². The number of imide groups is 1. The first-order valence-electron chi connectivity index (χ1n) is 9.86. The second-order valence-electron chi connectivity index (χ2n) is 8.53. The summed E-state index contributed by atoms with van der Waals surface area (Å²) in [6, 6.07) is 5.76. The molecule has 1 N–H and O–H groups in total. The van der Waals surface area contributed by atoms with Crippen LogP contribution in [0.1, 0.15) is 72.3 Å². The Balaban J connectivity index is 1.37. The Morgan fingerprint density at radius 2 is 1.73 bits per heavy atom. The zero-order valence-electron chi connectivity index (χ0n) is 14.9. The molecule has 0 spiro atoms. The molecule has 1 unspecified atom stereocenters. The molecule has 1 aromatic carbocycles. The van der Waals surface area contributed by atoms with Crippen molar-refractivity contribution in [2.75, 3.05) is 0 Å². The van der Waals surface area contributed by atoms with Gasteiger partial charge in [-0.05, 0) is 60.6 Å². The van der Waals surface area contributed by atoms with E-state index in [1.165, 1.54) is 37.7 Å². The molecule has 0 radical (unpaired) electrons. The Bertz CT molecular complexity index is 790. The number of hydrogen-bond acceptors (Lipinski definition) is 3. The van der Waals surface area contributed by atoms with Crippen molar-refractivity contribution < 1.29 is 14.4 Å². The van der Waals surface area contributed by atoms with Gasteiger partial charge in [0.25, 0.3) is 5.91 Å². The highest BCUT2D eigenvalue weighted by molar-refractivity contribution is 6.05. The first-order chi connectivity index (χ1) is 12.6. The lowest BCUT2D eigenvalue weighted by Gasteiger charge is -2.29. The number of carbonyl (C=O) groups excluding carboxylic acids is 3. The molecule has 2 bridgehead atoms. The zero-order chi connectivity index (χ0) is 17.8. The van der Waals surface area contributed by atoms with Gasteiger partial charge in [0.2, 0.25) is 11.8 Å². The minimum Gasteiger partial charge on any atom is -0.322 e. The highest BCUT2D eigenvalue weighted by Gasteiger charge is 2.40. The molecule has 2 saturated carbocycles. The first kappa shape index (κ1) is 16.0. The van der Waals surface area contributed by atoms with E-state index in [0.717, 1.165) is 23.0 Å². The lowest BCUT2D eigenvalue weighted by molar-refractivity contribution is -0.136. The Kier molecular flexibility index (Phi) is 3.66. The van der Waals surface area contributed by atoms with Gasteiger partial charge in [0.15, 0.2) is 0 Å². The lowest BCUT2D eigenvalue weighted by atomic mass is 9.77. The molecule has 1 saturated heterocycles. The molecule has 26 heavy (non-hydrogen) atoms. The van der Waals surface area contributed by atoms with Crippen molar-refractivity contribution in [2.45, 2.75) is 63.5 Å². The minimum atomic E-state index is -0.526. The number of rotatable bonds is 2. The van der Waals surface area contributed by atoms with E-state index < -0.39 is 6.04 Å². The topological polar surface area (TPSA) is 66.5 Å². The third-order valence-corrected chi connectivity index (χ3v) is 6.90. The van der Waals surface area contributed by atoms with E-state index in [1.54, 1.807) is 4.90 Å². The van der Waals surface area contributed by atoms with E-state index in [9.17, 15) is 14.4 Å². The van der Waals surface area contributed by atoms with Crippen LogP contribution in [0, 0.1) is 11.8 Å². The highest BCUT2D eigenvalue weighted by Crippen LogP contribution is 2.48. The maximum atomic E-state index is 12.8. The van der Waals surface area contributed by atoms with Crippen molar-refractivity contribution in [1.82, 2.24) is 10.2 Å². The fraction of sp³-hybridized carbons (Fsp3) is 0.571. The zero-order valence-corrected chi connectivity index (χ0v) is 14.9. The Morgan fingerprint density at radius 1 is 0.962 bits per heavy atom. The molecule has 136 valence electrons. The fourth-order valence-electron chi connectivity index (χ4n) is 5.63. The highest BCUT2D eigenvalue weighted by atomic mass is 16.2. The Labute approximate surface area is 153 Å². The predicted molar refractivity (Wildman–Crippen MR) is 95.3 cm³/mol. The molecule has 4 atom stereocenters. The van der Waals surface area contributed by atoms with Crippen LogP contribution in [0.15, 0.2) is 18.2 Å². The maximum absolute atomic E-state index is 12.8. The van der Waals surface area contributed by atoms with Gasteiger partial charge in [-0.25, -0.2) is 0 Å². The van der Waals surface area contributed by atoms with Crippen molar-refractivity contribution in [3.63, 3.8) is 0 Å². The van der Waals surface area contributed by atoms with Gasteiger partial charge in [-0.2, -0.15) is 0 Å². The van der Waals surface area contributed by atoms with Crippen LogP contribution in [0.5, 0.6) is 0 Å². The van der Waals surface area contributed by atoms with Crippen molar-refractivity contribution in [3.05, 3.63) is 34.9 Å². The Hall–Kier alpha value is -2.17. The summed E-state index contributed by atoms with van der Waals surface area (Å²) in [5.41, 5.74) is 3.12. The molecule has 0 aromatic heterocycles. The average molecular weight is 352 g/mol. The summed E-state index contributed by atoms with van der Waals surface area (Å²) in [5, 5.41) is 2.36. The summed E-state index contributed by atoms with van der Waals surface area (Å²) in [7, 11) is 0. The number of benzene rings is 1. The van der Waals surface area contributed by atoms with Crippen molar-refractivity contribution in [1.29, 1.82) is 0 Å². The summed E-state index contributed by atoms with van der Waals surface area (Å²) < 4.78 is 0. The van der Waals surface area contributed by atoms with Gasteiger partial charge < -0.3 is 4.90 Å². The standard InChI is InChI=1S/C21H24N2O3/c24-19-6-5-18(20(25)22-19)23-11-16-10-14(3-4-17(16)21(23)26)15-8-12-1-2-13(7-12)9-15/h3-4,10,12-13,15,18H,1-2,5-9,11H2,(H,22,24,25)/t12-,13+,15?,18-/m1/s1. The number of carbonyl (C=O) groups is 3. The van der Waals surface area contributed by atoms with Gasteiger partial charge in [-0.3, -0.25) is 19.7 Å². The summed E-state index contributed by atoms with van der Waals surface area (Å²) in [4.78, 5) is 38.0. The van der Waals surface area contributed by atoms with Crippen LogP contribution in [0.25, 0.3) is 0 Å². The predicted octanol–water partition coefficient (Wildman–Crippen LogP) is 2.74. The summed E-state index contributed by atoms with van der Waals surface area (Å²) in [5.74, 6) is 1.72. The van der Waals surface area contributed by atoms with Crippen molar-refractivity contribution in [3.8, 4) is 0 Å². The number of amides is 3. The molecule has 2 aliphatic heterocycles. The quantitative estimate of drug-likeness (QED) is 0.832. The van der Waals surface area contributed by atoms with Crippen LogP contribution in [0.3, 0.4) is 0 Å². The van der Waals surface area contributed by atoms with Crippen LogP contribution in [0.2, 0.25) is 0 Å². The average Bonchev–Trinajstić information content (AvgIpc) is 3.13. The van der Waals surface area contributed by atoms with Crippen molar-refractivity contribution >= 4 is 17.7 Å². The van der Waals surface area contributed by atoms with Crippen LogP contribution in [0.4, 0.5) is 0 Å². The molecule has 1 aromatic rings. The van der Waals surface area contributed by atoms with Crippen LogP contribution < -0.4 is 5.32 Å². The number of fused-ring (bicyclic) bond motifs is 3. The second-order valence-corrected chi connectivity index (χ2v) is 8.53. The smallest absolute Gasteiger partial charge is 0.255 e. The number of nitrogens with one attached hydrogen (secondary N) is 1. The number of piperidine rings is 1. The van der Waals surface area contributed by atoms with Gasteiger partial charge >= 0.3 is 0 Å². The van der Waals surface area contributed by atoms with E-state index in [0.29, 0.717) is 25.3 Å². The molecule has 3 amide bonds. The molecule has 2 aliphatic carbocycles. The molecule has 2 heterocycles. The van der Waals surface area contributed by atoms with Crippen LogP contribution in [-0.4, -0.2) is 28.7 Å². The van der Waals surface area contributed by atoms with Gasteiger partial charge in [0.1, 0.15) is 6.04 Å². The maximum Gasteiger partial charge on any atom is 0.255 e. The molecular formula is C21H24N2O3. The van der Waals surface area contributed by atoms with Gasteiger partial charge in [-0.15, -0.1) is 0 Å². The molecule has 3 fully saturated rings. The normalized spacial score (nSPS) is 33.4. The van der Waals surface area contributed by atoms with Gasteiger partial charge in [0, 0.05) is 18.5 Å². The lowest BCUT2D eigenvalue weighted by Crippen LogP contribution is -2.52. The van der Waals surface area contributed by atoms with E-state index in [4.69, 9.17) is 0 Å². The Morgan fingerprint density at radius 3 is 2.46 bits per heavy atom. The molecule has 5 nitrogen and oxygen atoms in total. The van der Waals surface area contributed by atoms with E-state index >= 15 is 0 Å². The number of nitrogens with zero attached hydrogens (tertiary/aromatic N) is 1. The van der Waals surface area contributed by atoms with Gasteiger partial charge in [0.05, 0.1) is 0 Å². The number of hydrogen-bond donors (Lipinski definition) is 1. The third-order valence-electron chi connectivity index (χ3n) is 6.90. The van der Waals surface area contributed by atoms with E-state index in [1.807, 2.05) is 6.07 Å². The first-order valence-corrected chi connectivity index (χ1v) is 9.86. The SMILES string of the molecule is O=C1CC[C@@H](N2Cc3cc(C4C[C@H]5CC[C@@H](C4)C5)ccc3C2=O)C(=O)N1. The molecule has 5 rings (SSSR count). The largest absolute Gasteiger partial charge is 0.322 e. The monoisotopic (exact) mass is 352 g/mol. The van der Waals surface area contributed by atoms with E-state index in [2.05, 4.69) is 17.4 Å². The van der Waals surface area contributed by atoms with Crippen LogP contribution >= 0.6 is 0 Å². The second kappa shape index (κ2) is 5.93. The van der Waals surface area contributed by atoms with Gasteiger partial charge in [-0.1, -0.05) is 25.0 Å². The summed E-state index contributed by atoms with van der Waals surface area (Å²) in [6.45, 7) is 0.480. The molecule has 5 heteroatoms. The van der Waals surface area contributed by atoms with Crippen molar-refractivity contribution in [2.24, 2.45) is 11.8 Å². The fourth-order valence-corrected chi connectivity index (χ4v) is 5.63. The molecular weight excluding hydrogens is 328 g/mol. The molecule has 4 aliphatic rings. The summed E-state index contributed by atoms with van der Waals surface area (Å²) in [6.07, 6.45) is 7.45. The third kappa shape index (κ3) is 2.56. The van der Waals surface area contributed by atoms with E-state index in [-0.39, 0.29) is 17.7 Å².